The molecule has 44 valence electrons. The zero-order chi connectivity index (χ0) is 5.54. The molecule has 0 spiro atoms. The standard InChI is InChI=1S/C4H10ClNO/c5-2-1-3-6-4-7/h6-7H,1-4H2. The Kier molecular flexibility index (Phi) is 6.40. The molecule has 3 heteroatoms. The smallest absolute Gasteiger partial charge is 0.0931 e. The van der Waals surface area contributed by atoms with Gasteiger partial charge in [-0.05, 0) is 13.0 Å². The van der Waals surface area contributed by atoms with Gasteiger partial charge in [0.2, 0.25) is 0 Å². The molecule has 0 fully saturated rings. The Morgan fingerprint density at radius 3 is 2.71 bits per heavy atom. The van der Waals surface area contributed by atoms with Crippen LogP contribution < -0.4 is 5.32 Å². The van der Waals surface area contributed by atoms with Crippen molar-refractivity contribution in [2.24, 2.45) is 0 Å². The van der Waals surface area contributed by atoms with Crippen LogP contribution in [0.25, 0.3) is 0 Å². The van der Waals surface area contributed by atoms with E-state index in [-0.39, 0.29) is 6.73 Å². The number of hydrogen-bond donors (Lipinski definition) is 2. The number of hydrogen-bond acceptors (Lipinski definition) is 2. The molecule has 0 aliphatic rings. The topological polar surface area (TPSA) is 32.3 Å². The van der Waals surface area contributed by atoms with Crippen molar-refractivity contribution in [3.63, 3.8) is 0 Å². The maximum Gasteiger partial charge on any atom is 0.0931 e. The van der Waals surface area contributed by atoms with Crippen molar-refractivity contribution in [2.75, 3.05) is 19.2 Å². The fourth-order valence-corrected chi connectivity index (χ4v) is 0.405. The molecule has 2 nitrogen and oxygen atoms in total. The minimum absolute atomic E-state index is 0.0525. The summed E-state index contributed by atoms with van der Waals surface area (Å²) in [5.41, 5.74) is 0. The van der Waals surface area contributed by atoms with Crippen molar-refractivity contribution in [2.45, 2.75) is 6.42 Å². The van der Waals surface area contributed by atoms with E-state index in [1.165, 1.54) is 0 Å². The Bertz CT molecular complexity index is 30.9. The van der Waals surface area contributed by atoms with E-state index in [1.807, 2.05) is 0 Å². The van der Waals surface area contributed by atoms with E-state index in [1.54, 1.807) is 0 Å². The van der Waals surface area contributed by atoms with Gasteiger partial charge in [0.25, 0.3) is 0 Å². The summed E-state index contributed by atoms with van der Waals surface area (Å²) in [5, 5.41) is 10.9. The lowest BCUT2D eigenvalue weighted by atomic mass is 10.5. The van der Waals surface area contributed by atoms with E-state index in [0.29, 0.717) is 5.88 Å². The van der Waals surface area contributed by atoms with Crippen molar-refractivity contribution in [1.29, 1.82) is 0 Å². The molecule has 0 aromatic carbocycles. The molecular formula is C4H10ClNO. The molecule has 0 aromatic heterocycles. The predicted octanol–water partition coefficient (Wildman–Crippen LogP) is 0.155. The van der Waals surface area contributed by atoms with Crippen LogP contribution in [0, 0.1) is 0 Å². The fraction of sp³-hybridized carbons (Fsp3) is 1.00. The van der Waals surface area contributed by atoms with Crippen molar-refractivity contribution < 1.29 is 5.11 Å². The molecule has 0 atom stereocenters. The Morgan fingerprint density at radius 2 is 2.29 bits per heavy atom. The second-order valence-corrected chi connectivity index (χ2v) is 1.58. The number of halogens is 1. The van der Waals surface area contributed by atoms with Crippen LogP contribution in [0.1, 0.15) is 6.42 Å². The highest BCUT2D eigenvalue weighted by molar-refractivity contribution is 6.17. The third-order valence-corrected chi connectivity index (χ3v) is 0.866. The molecule has 0 bridgehead atoms. The monoisotopic (exact) mass is 123 g/mol. The van der Waals surface area contributed by atoms with E-state index in [9.17, 15) is 0 Å². The lowest BCUT2D eigenvalue weighted by molar-refractivity contribution is 0.261. The average Bonchev–Trinajstić information content (AvgIpc) is 1.69. The van der Waals surface area contributed by atoms with Crippen LogP contribution >= 0.6 is 11.6 Å². The number of aliphatic hydroxyl groups excluding tert-OH is 1. The van der Waals surface area contributed by atoms with Gasteiger partial charge in [0.15, 0.2) is 0 Å². The van der Waals surface area contributed by atoms with Gasteiger partial charge in [-0.15, -0.1) is 11.6 Å². The number of rotatable bonds is 4. The molecule has 0 saturated carbocycles. The van der Waals surface area contributed by atoms with Crippen LogP contribution in [0.15, 0.2) is 0 Å². The minimum atomic E-state index is 0.0525. The summed E-state index contributed by atoms with van der Waals surface area (Å²) < 4.78 is 0. The molecule has 0 amide bonds. The second-order valence-electron chi connectivity index (χ2n) is 1.20. The van der Waals surface area contributed by atoms with Crippen LogP contribution in [0.4, 0.5) is 0 Å². The largest absolute Gasteiger partial charge is 0.381 e. The zero-order valence-corrected chi connectivity index (χ0v) is 4.91. The number of nitrogens with one attached hydrogen (secondary N) is 1. The molecule has 7 heavy (non-hydrogen) atoms. The summed E-state index contributed by atoms with van der Waals surface area (Å²) in [6.45, 7) is 0.858. The third kappa shape index (κ3) is 6.21. The fourth-order valence-electron chi connectivity index (χ4n) is 0.271. The van der Waals surface area contributed by atoms with Gasteiger partial charge in [-0.25, -0.2) is 0 Å². The normalized spacial score (nSPS) is 9.43. The lowest BCUT2D eigenvalue weighted by Crippen LogP contribution is -2.15. The highest BCUT2D eigenvalue weighted by Gasteiger charge is 1.79. The first-order chi connectivity index (χ1) is 3.41. The summed E-state index contributed by atoms with van der Waals surface area (Å²) in [5.74, 6) is 0.660. The maximum atomic E-state index is 8.14. The molecule has 0 unspecified atom stereocenters. The molecule has 0 saturated heterocycles. The summed E-state index contributed by atoms with van der Waals surface area (Å²) in [7, 11) is 0. The van der Waals surface area contributed by atoms with Gasteiger partial charge in [-0.2, -0.15) is 0 Å². The van der Waals surface area contributed by atoms with Gasteiger partial charge in [0.05, 0.1) is 6.73 Å². The maximum absolute atomic E-state index is 8.14. The van der Waals surface area contributed by atoms with E-state index < -0.39 is 0 Å². The Hall–Kier alpha value is 0.210. The van der Waals surface area contributed by atoms with Gasteiger partial charge < -0.3 is 5.11 Å². The quantitative estimate of drug-likeness (QED) is 0.317. The number of alkyl halides is 1. The van der Waals surface area contributed by atoms with E-state index in [4.69, 9.17) is 16.7 Å². The second kappa shape index (κ2) is 6.21. The van der Waals surface area contributed by atoms with Gasteiger partial charge in [0, 0.05) is 5.88 Å². The molecular weight excluding hydrogens is 114 g/mol. The Morgan fingerprint density at radius 1 is 1.57 bits per heavy atom. The van der Waals surface area contributed by atoms with Gasteiger partial charge in [-0.3, -0.25) is 5.32 Å². The minimum Gasteiger partial charge on any atom is -0.381 e. The van der Waals surface area contributed by atoms with Gasteiger partial charge >= 0.3 is 0 Å². The van der Waals surface area contributed by atoms with E-state index in [2.05, 4.69) is 5.32 Å². The van der Waals surface area contributed by atoms with Crippen molar-refractivity contribution in [3.05, 3.63) is 0 Å². The zero-order valence-electron chi connectivity index (χ0n) is 4.15. The van der Waals surface area contributed by atoms with E-state index in [0.717, 1.165) is 13.0 Å². The van der Waals surface area contributed by atoms with Crippen LogP contribution in [0.2, 0.25) is 0 Å². The average molecular weight is 124 g/mol. The van der Waals surface area contributed by atoms with Gasteiger partial charge in [-0.1, -0.05) is 0 Å². The summed E-state index contributed by atoms with van der Waals surface area (Å²) >= 11 is 5.32. The van der Waals surface area contributed by atoms with Gasteiger partial charge in [0.1, 0.15) is 0 Å². The lowest BCUT2D eigenvalue weighted by Gasteiger charge is -1.93. The third-order valence-electron chi connectivity index (χ3n) is 0.599. The molecule has 0 heterocycles. The molecule has 2 N–H and O–H groups in total. The van der Waals surface area contributed by atoms with Crippen LogP contribution in [0.5, 0.6) is 0 Å². The molecule has 0 radical (unpaired) electrons. The van der Waals surface area contributed by atoms with Crippen LogP contribution in [-0.2, 0) is 0 Å². The van der Waals surface area contributed by atoms with Crippen molar-refractivity contribution >= 4 is 11.6 Å². The first-order valence-corrected chi connectivity index (χ1v) is 2.83. The summed E-state index contributed by atoms with van der Waals surface area (Å²) in [6.07, 6.45) is 0.919. The number of aliphatic hydroxyl groups is 1. The molecule has 0 aliphatic heterocycles. The molecule has 0 aliphatic carbocycles. The highest BCUT2D eigenvalue weighted by atomic mass is 35.5. The molecule has 0 aromatic rings. The first-order valence-electron chi connectivity index (χ1n) is 2.29. The molecule has 0 rings (SSSR count). The Balaban J connectivity index is 2.45. The SMILES string of the molecule is OCNCCCCl. The first kappa shape index (κ1) is 7.21. The van der Waals surface area contributed by atoms with E-state index >= 15 is 0 Å². The summed E-state index contributed by atoms with van der Waals surface area (Å²) in [6, 6.07) is 0. The van der Waals surface area contributed by atoms with Crippen LogP contribution in [-0.4, -0.2) is 24.3 Å². The van der Waals surface area contributed by atoms with Crippen molar-refractivity contribution in [1.82, 2.24) is 5.32 Å². The van der Waals surface area contributed by atoms with Crippen LogP contribution in [0.3, 0.4) is 0 Å². The summed E-state index contributed by atoms with van der Waals surface area (Å²) in [4.78, 5) is 0. The highest BCUT2D eigenvalue weighted by Crippen LogP contribution is 1.78. The Labute approximate surface area is 48.5 Å². The van der Waals surface area contributed by atoms with Crippen molar-refractivity contribution in [3.8, 4) is 0 Å². The predicted molar refractivity (Wildman–Crippen MR) is 30.4 cm³/mol.